The van der Waals surface area contributed by atoms with Crippen LogP contribution in [0.2, 0.25) is 0 Å². The first-order chi connectivity index (χ1) is 28.7. The van der Waals surface area contributed by atoms with Crippen molar-refractivity contribution in [3.05, 3.63) is 221 Å². The SMILES string of the molecule is CC1(C)CCC(C)(C)c2cc3c(cc21)oc1cc(N(c2cccc(-c4ccccc4)c2)c2cccc4c2-c2ccccc2C4(c2ccccc2)c2ccccc2)ccc13. The summed E-state index contributed by atoms with van der Waals surface area (Å²) < 4.78 is 6.91. The van der Waals surface area contributed by atoms with Crippen molar-refractivity contribution in [1.29, 1.82) is 0 Å². The van der Waals surface area contributed by atoms with E-state index in [4.69, 9.17) is 4.42 Å². The molecule has 11 rings (SSSR count). The maximum absolute atomic E-state index is 6.91. The van der Waals surface area contributed by atoms with Gasteiger partial charge in [0, 0.05) is 33.8 Å². The minimum absolute atomic E-state index is 0.0997. The fourth-order valence-corrected chi connectivity index (χ4v) is 10.5. The number of hydrogen-bond donors (Lipinski definition) is 0. The zero-order valence-corrected chi connectivity index (χ0v) is 34.2. The average molecular weight is 762 g/mol. The number of anilines is 3. The molecule has 2 nitrogen and oxygen atoms in total. The fourth-order valence-electron chi connectivity index (χ4n) is 10.5. The van der Waals surface area contributed by atoms with Gasteiger partial charge in [-0.3, -0.25) is 0 Å². The summed E-state index contributed by atoms with van der Waals surface area (Å²) in [5, 5.41) is 2.35. The molecule has 0 aliphatic heterocycles. The van der Waals surface area contributed by atoms with Crippen LogP contribution in [0.25, 0.3) is 44.2 Å². The van der Waals surface area contributed by atoms with Crippen molar-refractivity contribution in [3.63, 3.8) is 0 Å². The van der Waals surface area contributed by atoms with Crippen molar-refractivity contribution in [2.75, 3.05) is 4.90 Å². The minimum atomic E-state index is -0.509. The highest BCUT2D eigenvalue weighted by molar-refractivity contribution is 6.07. The van der Waals surface area contributed by atoms with Crippen LogP contribution in [0.4, 0.5) is 17.1 Å². The second-order valence-corrected chi connectivity index (χ2v) is 17.9. The molecule has 0 radical (unpaired) electrons. The molecule has 2 aliphatic carbocycles. The Morgan fingerprint density at radius 2 is 0.983 bits per heavy atom. The molecule has 8 aromatic carbocycles. The van der Waals surface area contributed by atoms with E-state index in [1.807, 2.05) is 0 Å². The summed E-state index contributed by atoms with van der Waals surface area (Å²) in [5.74, 6) is 0. The normalized spacial score (nSPS) is 15.7. The van der Waals surface area contributed by atoms with Crippen molar-refractivity contribution < 1.29 is 4.42 Å². The van der Waals surface area contributed by atoms with Crippen molar-refractivity contribution >= 4 is 39.0 Å². The molecule has 59 heavy (non-hydrogen) atoms. The second kappa shape index (κ2) is 13.2. The van der Waals surface area contributed by atoms with Gasteiger partial charge in [-0.25, -0.2) is 0 Å². The Kier molecular flexibility index (Phi) is 7.94. The van der Waals surface area contributed by atoms with Crippen molar-refractivity contribution in [1.82, 2.24) is 0 Å². The van der Waals surface area contributed by atoms with E-state index in [-0.39, 0.29) is 10.8 Å². The summed E-state index contributed by atoms with van der Waals surface area (Å²) in [7, 11) is 0. The largest absolute Gasteiger partial charge is 0.456 e. The third-order valence-corrected chi connectivity index (χ3v) is 13.6. The van der Waals surface area contributed by atoms with Gasteiger partial charge < -0.3 is 9.32 Å². The van der Waals surface area contributed by atoms with Crippen LogP contribution in [0.15, 0.2) is 192 Å². The third-order valence-electron chi connectivity index (χ3n) is 13.6. The first kappa shape index (κ1) is 35.5. The Labute approximate surface area is 347 Å². The van der Waals surface area contributed by atoms with Crippen LogP contribution in [0, 0.1) is 0 Å². The van der Waals surface area contributed by atoms with Gasteiger partial charge in [-0.15, -0.1) is 0 Å². The van der Waals surface area contributed by atoms with Gasteiger partial charge in [-0.1, -0.05) is 167 Å². The quantitative estimate of drug-likeness (QED) is 0.168. The van der Waals surface area contributed by atoms with Gasteiger partial charge in [0.25, 0.3) is 0 Å². The van der Waals surface area contributed by atoms with Crippen LogP contribution in [0.5, 0.6) is 0 Å². The molecule has 0 unspecified atom stereocenters. The van der Waals surface area contributed by atoms with Crippen molar-refractivity contribution in [2.24, 2.45) is 0 Å². The maximum Gasteiger partial charge on any atom is 0.137 e. The Morgan fingerprint density at radius 1 is 0.424 bits per heavy atom. The third kappa shape index (κ3) is 5.39. The summed E-state index contributed by atoms with van der Waals surface area (Å²) in [6.45, 7) is 9.57. The molecular weight excluding hydrogens is 715 g/mol. The molecule has 0 amide bonds. The molecule has 1 aromatic heterocycles. The lowest BCUT2D eigenvalue weighted by molar-refractivity contribution is 0.332. The molecule has 0 atom stereocenters. The zero-order valence-electron chi connectivity index (χ0n) is 34.2. The van der Waals surface area contributed by atoms with Crippen LogP contribution < -0.4 is 4.90 Å². The summed E-state index contributed by atoms with van der Waals surface area (Å²) in [4.78, 5) is 2.46. The minimum Gasteiger partial charge on any atom is -0.456 e. The number of rotatable bonds is 6. The maximum atomic E-state index is 6.91. The molecule has 1 heterocycles. The van der Waals surface area contributed by atoms with Gasteiger partial charge in [0.2, 0.25) is 0 Å². The highest BCUT2D eigenvalue weighted by Gasteiger charge is 2.47. The van der Waals surface area contributed by atoms with Gasteiger partial charge in [-0.05, 0) is 116 Å². The van der Waals surface area contributed by atoms with E-state index in [1.54, 1.807) is 0 Å². The van der Waals surface area contributed by atoms with Gasteiger partial charge in [0.1, 0.15) is 11.2 Å². The van der Waals surface area contributed by atoms with E-state index < -0.39 is 5.41 Å². The number of furan rings is 1. The van der Waals surface area contributed by atoms with E-state index in [1.165, 1.54) is 73.9 Å². The highest BCUT2D eigenvalue weighted by Crippen LogP contribution is 2.59. The van der Waals surface area contributed by atoms with Gasteiger partial charge >= 0.3 is 0 Å². The fraction of sp³-hybridized carbons (Fsp3) is 0.158. The van der Waals surface area contributed by atoms with Crippen LogP contribution in [0.1, 0.15) is 73.9 Å². The number of benzene rings is 8. The monoisotopic (exact) mass is 761 g/mol. The van der Waals surface area contributed by atoms with Gasteiger partial charge in [-0.2, -0.15) is 0 Å². The lowest BCUT2D eigenvalue weighted by Crippen LogP contribution is -2.33. The van der Waals surface area contributed by atoms with Crippen LogP contribution in [-0.4, -0.2) is 0 Å². The number of fused-ring (bicyclic) bond motifs is 7. The Morgan fingerprint density at radius 3 is 1.69 bits per heavy atom. The summed E-state index contributed by atoms with van der Waals surface area (Å²) >= 11 is 0. The molecule has 0 bridgehead atoms. The molecule has 0 saturated carbocycles. The Balaban J connectivity index is 1.18. The molecule has 0 saturated heterocycles. The van der Waals surface area contributed by atoms with Crippen LogP contribution >= 0.6 is 0 Å². The molecule has 286 valence electrons. The van der Waals surface area contributed by atoms with Gasteiger partial charge in [0.15, 0.2) is 0 Å². The molecule has 2 aliphatic rings. The Bertz CT molecular complexity index is 3010. The summed E-state index contributed by atoms with van der Waals surface area (Å²) in [6.07, 6.45) is 2.34. The Hall–Kier alpha value is -6.64. The molecule has 0 N–H and O–H groups in total. The predicted octanol–water partition coefficient (Wildman–Crippen LogP) is 15.4. The summed E-state index contributed by atoms with van der Waals surface area (Å²) in [5.41, 5.74) is 17.6. The van der Waals surface area contributed by atoms with Crippen LogP contribution in [0.3, 0.4) is 0 Å². The van der Waals surface area contributed by atoms with E-state index in [2.05, 4.69) is 221 Å². The predicted molar refractivity (Wildman–Crippen MR) is 246 cm³/mol. The first-order valence-electron chi connectivity index (χ1n) is 21.1. The first-order valence-corrected chi connectivity index (χ1v) is 21.1. The van der Waals surface area contributed by atoms with Gasteiger partial charge in [0.05, 0.1) is 11.1 Å². The van der Waals surface area contributed by atoms with Crippen molar-refractivity contribution in [3.8, 4) is 22.3 Å². The lowest BCUT2D eigenvalue weighted by atomic mass is 9.63. The average Bonchev–Trinajstić information content (AvgIpc) is 3.79. The molecule has 0 spiro atoms. The van der Waals surface area contributed by atoms with E-state index in [0.29, 0.717) is 0 Å². The zero-order chi connectivity index (χ0) is 39.9. The van der Waals surface area contributed by atoms with Crippen LogP contribution in [-0.2, 0) is 16.2 Å². The molecule has 2 heteroatoms. The molecule has 0 fully saturated rings. The standard InChI is InChI=1S/C57H47NO/c1-55(2)32-33-56(3,4)50-37-53-46(36-49(50)55)44-31-30-43(35-52(44)59-53)58(42-25-16-20-39(34-42)38-18-8-5-9-19-38)51-29-17-28-48-54(51)45-26-14-15-27-47(45)57(48,40-21-10-6-11-22-40)41-23-12-7-13-24-41/h5-31,34-37H,32-33H2,1-4H3. The van der Waals surface area contributed by atoms with E-state index in [9.17, 15) is 0 Å². The lowest BCUT2D eigenvalue weighted by Gasteiger charge is -2.41. The number of hydrogen-bond acceptors (Lipinski definition) is 2. The van der Waals surface area contributed by atoms with Crippen molar-refractivity contribution in [2.45, 2.75) is 56.8 Å². The van der Waals surface area contributed by atoms with E-state index in [0.717, 1.165) is 33.6 Å². The van der Waals surface area contributed by atoms with E-state index >= 15 is 0 Å². The number of nitrogens with zero attached hydrogens (tertiary/aromatic N) is 1. The molecular formula is C57H47NO. The topological polar surface area (TPSA) is 16.4 Å². The summed E-state index contributed by atoms with van der Waals surface area (Å²) in [6, 6.07) is 69.3. The highest BCUT2D eigenvalue weighted by atomic mass is 16.3. The smallest absolute Gasteiger partial charge is 0.137 e. The second-order valence-electron chi connectivity index (χ2n) is 17.9. The molecule has 9 aromatic rings.